The van der Waals surface area contributed by atoms with Gasteiger partial charge in [-0.05, 0) is 70.6 Å². The molecule has 0 aromatic heterocycles. The van der Waals surface area contributed by atoms with Gasteiger partial charge in [0.05, 0.1) is 31.0 Å². The lowest BCUT2D eigenvalue weighted by atomic mass is 9.83. The molecule has 2 aliphatic rings. The second-order valence-electron chi connectivity index (χ2n) is 18.1. The number of cyclic esters (lactones) is 1. The monoisotopic (exact) mass is 985 g/mol. The Morgan fingerprint density at radius 3 is 1.96 bits per heavy atom. The van der Waals surface area contributed by atoms with E-state index >= 15 is 0 Å². The molecule has 0 amide bonds. The number of esters is 2. The first-order chi connectivity index (χ1) is 32.6. The van der Waals surface area contributed by atoms with E-state index in [0.29, 0.717) is 51.4 Å². The average Bonchev–Trinajstić information content (AvgIpc) is 3.31. The van der Waals surface area contributed by atoms with E-state index in [1.54, 1.807) is 0 Å². The van der Waals surface area contributed by atoms with Crippen LogP contribution in [-0.4, -0.2) is 127 Å². The third kappa shape index (κ3) is 25.8. The summed E-state index contributed by atoms with van der Waals surface area (Å²) in [6.07, 6.45) is 15.9. The van der Waals surface area contributed by atoms with E-state index in [1.807, 2.05) is 6.92 Å². The van der Waals surface area contributed by atoms with Crippen LogP contribution in [0, 0.1) is 11.8 Å². The number of fused-ring (bicyclic) bond motifs is 4. The summed E-state index contributed by atoms with van der Waals surface area (Å²) in [4.78, 5) is 50.2. The largest absolute Gasteiger partial charge is 0.472 e. The summed E-state index contributed by atoms with van der Waals surface area (Å²) < 4.78 is 34.7. The van der Waals surface area contributed by atoms with Crippen LogP contribution in [0.2, 0.25) is 0 Å². The van der Waals surface area contributed by atoms with E-state index in [1.165, 1.54) is 31.4 Å². The Balaban J connectivity index is 2.13. The number of aliphatic hydroxyl groups excluding tert-OH is 7. The minimum absolute atomic E-state index is 0.00829. The molecule has 0 aromatic rings. The highest BCUT2D eigenvalue weighted by Gasteiger charge is 2.49. The van der Waals surface area contributed by atoms with Gasteiger partial charge in [0.2, 0.25) is 0 Å². The molecule has 1 saturated carbocycles. The summed E-state index contributed by atoms with van der Waals surface area (Å²) in [7, 11) is -5.46. The first-order valence-corrected chi connectivity index (χ1v) is 26.7. The maximum absolute atomic E-state index is 13.7. The summed E-state index contributed by atoms with van der Waals surface area (Å²) in [5.41, 5.74) is 0. The zero-order valence-corrected chi connectivity index (χ0v) is 41.5. The van der Waals surface area contributed by atoms with Crippen LogP contribution in [0.4, 0.5) is 0 Å². The van der Waals surface area contributed by atoms with Gasteiger partial charge in [-0.25, -0.2) is 4.57 Å². The maximum Gasteiger partial charge on any atom is 0.472 e. The molecule has 0 aromatic carbocycles. The summed E-state index contributed by atoms with van der Waals surface area (Å²) in [5, 5.41) is 78.7. The van der Waals surface area contributed by atoms with Gasteiger partial charge in [0, 0.05) is 31.1 Å². The fourth-order valence-electron chi connectivity index (χ4n) is 8.06. The van der Waals surface area contributed by atoms with Crippen molar-refractivity contribution in [2.24, 2.45) is 11.8 Å². The van der Waals surface area contributed by atoms with E-state index < -0.39 is 112 Å². The summed E-state index contributed by atoms with van der Waals surface area (Å²) in [6.45, 7) is 2.77. The molecule has 17 heteroatoms. The van der Waals surface area contributed by atoms with Crippen molar-refractivity contribution in [2.45, 2.75) is 216 Å². The third-order valence-electron chi connectivity index (χ3n) is 12.2. The molecule has 1 aliphatic heterocycles. The van der Waals surface area contributed by atoms with Crippen LogP contribution >= 0.6 is 7.82 Å². The average molecular weight is 985 g/mol. The van der Waals surface area contributed by atoms with Gasteiger partial charge in [0.1, 0.15) is 36.8 Å². The Kier molecular flexibility index (Phi) is 32.5. The Bertz CT molecular complexity index is 1600. The van der Waals surface area contributed by atoms with Crippen LogP contribution in [0.15, 0.2) is 60.8 Å². The zero-order chi connectivity index (χ0) is 50.2. The summed E-state index contributed by atoms with van der Waals surface area (Å²) in [6, 6.07) is 0. The van der Waals surface area contributed by atoms with Crippen molar-refractivity contribution in [2.75, 3.05) is 13.2 Å². The van der Waals surface area contributed by atoms with Crippen LogP contribution < -0.4 is 0 Å². The Morgan fingerprint density at radius 2 is 1.31 bits per heavy atom. The van der Waals surface area contributed by atoms with Crippen molar-refractivity contribution in [3.05, 3.63) is 60.8 Å². The number of hydrogen-bond acceptors (Lipinski definition) is 15. The van der Waals surface area contributed by atoms with Crippen molar-refractivity contribution < 1.29 is 78.1 Å². The standard InChI is InChI=1S/C51H85O16P/c1-3-5-7-8-9-10-11-12-13-14-15-16-17-18-19-20-21-22-28-32-45(56)66-39-36-64-44(55)31-27-24-23-26-30-40-42(53)35-43(54)41(34-33-38(52)29-25-6-4-2)47(58)49(60)51(50(61)48(59)46(40)57)67-68(62,63)65-37-39/h9-10,12-13,15-16,18-19,33-34,38-41,43,46-52,54,57-61H,3-8,11,14,17,20-32,35-37H2,1-2H3,(H,62,63)/b10-9-,13-12-,16-15-,19-18-,34-33+/t38-,39+,40-,41-,43+,46+,47+,48-,49+,50+,51+/m0/s1. The maximum atomic E-state index is 13.7. The van der Waals surface area contributed by atoms with Gasteiger partial charge in [0.15, 0.2) is 6.10 Å². The summed E-state index contributed by atoms with van der Waals surface area (Å²) in [5.74, 6) is -4.95. The quantitative estimate of drug-likeness (QED) is 0.0220. The molecule has 0 spiro atoms. The van der Waals surface area contributed by atoms with E-state index in [-0.39, 0.29) is 19.3 Å². The van der Waals surface area contributed by atoms with Crippen LogP contribution in [0.3, 0.4) is 0 Å². The number of ether oxygens (including phenoxy) is 2. The Morgan fingerprint density at radius 1 is 0.721 bits per heavy atom. The number of hydrogen-bond donors (Lipinski definition) is 8. The van der Waals surface area contributed by atoms with Gasteiger partial charge in [-0.3, -0.25) is 23.4 Å². The molecule has 1 saturated heterocycles. The number of allylic oxidation sites excluding steroid dienone is 8. The van der Waals surface area contributed by atoms with Crippen LogP contribution in [0.1, 0.15) is 162 Å². The molecule has 68 heavy (non-hydrogen) atoms. The second kappa shape index (κ2) is 36.1. The van der Waals surface area contributed by atoms with Crippen LogP contribution in [0.5, 0.6) is 0 Å². The topological polar surface area (TPSA) is 267 Å². The lowest BCUT2D eigenvalue weighted by Crippen LogP contribution is -2.55. The highest BCUT2D eigenvalue weighted by molar-refractivity contribution is 7.47. The zero-order valence-electron chi connectivity index (χ0n) is 40.6. The van der Waals surface area contributed by atoms with Crippen molar-refractivity contribution in [1.82, 2.24) is 0 Å². The predicted octanol–water partition coefficient (Wildman–Crippen LogP) is 7.09. The van der Waals surface area contributed by atoms with Gasteiger partial charge in [-0.1, -0.05) is 132 Å². The Labute approximate surface area is 404 Å². The lowest BCUT2D eigenvalue weighted by Gasteiger charge is -2.36. The highest BCUT2D eigenvalue weighted by atomic mass is 31.2. The molecule has 0 radical (unpaired) electrons. The van der Waals surface area contributed by atoms with E-state index in [2.05, 4.69) is 55.5 Å². The van der Waals surface area contributed by atoms with Gasteiger partial charge in [0.25, 0.3) is 0 Å². The molecular formula is C51H85O16P. The second-order valence-corrected chi connectivity index (χ2v) is 19.5. The van der Waals surface area contributed by atoms with Crippen LogP contribution in [0.25, 0.3) is 0 Å². The molecule has 12 atom stereocenters. The molecule has 2 fully saturated rings. The van der Waals surface area contributed by atoms with E-state index in [4.69, 9.17) is 18.5 Å². The number of carbonyl (C=O) groups excluding carboxylic acids is 3. The molecule has 1 unspecified atom stereocenters. The molecule has 390 valence electrons. The third-order valence-corrected chi connectivity index (χ3v) is 13.2. The molecule has 16 nitrogen and oxygen atoms in total. The number of phosphoric ester groups is 1. The summed E-state index contributed by atoms with van der Waals surface area (Å²) >= 11 is 0. The van der Waals surface area contributed by atoms with E-state index in [0.717, 1.165) is 51.4 Å². The minimum atomic E-state index is -5.46. The fourth-order valence-corrected chi connectivity index (χ4v) is 9.03. The number of rotatable bonds is 23. The SMILES string of the molecule is CCCCC/C=C\C/C=C\C/C=C\C/C=C\CCCCCC(=O)O[C@@H]1COC(=O)CCCCCC[C@H]2C(=O)C[C@@H](O)[C@H](/C=C/[C@@H](O)CCCCC)[C@@H](O)[C@@H](O)[C@@H](OP(=O)(O)OC1)[C@H](O)[C@@H](O)[C@@H]2O. The number of Topliss-reactive ketones (excluding diaryl/α,β-unsaturated/α-hetero) is 1. The molecular weight excluding hydrogens is 900 g/mol. The number of aliphatic hydroxyl groups is 7. The molecule has 1 heterocycles. The first-order valence-electron chi connectivity index (χ1n) is 25.2. The van der Waals surface area contributed by atoms with Gasteiger partial charge in [-0.2, -0.15) is 0 Å². The number of carbonyl (C=O) groups is 3. The fraction of sp³-hybridized carbons (Fsp3) is 0.745. The lowest BCUT2D eigenvalue weighted by molar-refractivity contribution is -0.166. The molecule has 2 bridgehead atoms. The van der Waals surface area contributed by atoms with Crippen molar-refractivity contribution in [1.29, 1.82) is 0 Å². The number of ketones is 1. The normalized spacial score (nSPS) is 30.8. The van der Waals surface area contributed by atoms with Gasteiger partial charge in [-0.15, -0.1) is 0 Å². The van der Waals surface area contributed by atoms with Gasteiger partial charge >= 0.3 is 19.8 Å². The molecule has 1 aliphatic carbocycles. The molecule has 2 rings (SSSR count). The van der Waals surface area contributed by atoms with Crippen LogP contribution in [-0.2, 0) is 37.5 Å². The minimum Gasteiger partial charge on any atom is -0.462 e. The van der Waals surface area contributed by atoms with Crippen molar-refractivity contribution in [3.8, 4) is 0 Å². The predicted molar refractivity (Wildman–Crippen MR) is 259 cm³/mol. The van der Waals surface area contributed by atoms with E-state index in [9.17, 15) is 59.6 Å². The van der Waals surface area contributed by atoms with Crippen molar-refractivity contribution >= 4 is 25.5 Å². The first kappa shape index (κ1) is 61.3. The number of unbranched alkanes of at least 4 members (excludes halogenated alkanes) is 8. The van der Waals surface area contributed by atoms with Gasteiger partial charge < -0.3 is 50.1 Å². The van der Waals surface area contributed by atoms with Crippen molar-refractivity contribution in [3.63, 3.8) is 0 Å². The smallest absolute Gasteiger partial charge is 0.462 e. The molecule has 8 N–H and O–H groups in total. The highest BCUT2D eigenvalue weighted by Crippen LogP contribution is 2.47. The Hall–Kier alpha value is -2.86. The number of phosphoric acid groups is 1.